The highest BCUT2D eigenvalue weighted by molar-refractivity contribution is 5.96. The van der Waals surface area contributed by atoms with E-state index in [1.54, 1.807) is 0 Å². The minimum Gasteiger partial charge on any atom is -0.481 e. The van der Waals surface area contributed by atoms with Gasteiger partial charge in [-0.1, -0.05) is 69.4 Å². The van der Waals surface area contributed by atoms with E-state index in [0.717, 1.165) is 36.1 Å². The van der Waals surface area contributed by atoms with Gasteiger partial charge >= 0.3 is 5.97 Å². The van der Waals surface area contributed by atoms with Crippen molar-refractivity contribution in [2.75, 3.05) is 11.4 Å². The van der Waals surface area contributed by atoms with Crippen LogP contribution in [0.4, 0.5) is 5.69 Å². The van der Waals surface area contributed by atoms with Crippen LogP contribution in [0.25, 0.3) is 0 Å². The molecule has 1 heterocycles. The fourth-order valence-corrected chi connectivity index (χ4v) is 6.19. The number of fused-ring (bicyclic) bond motifs is 3. The molecule has 2 aromatic rings. The van der Waals surface area contributed by atoms with Crippen molar-refractivity contribution >= 4 is 17.6 Å². The minimum atomic E-state index is -0.909. The Morgan fingerprint density at radius 3 is 2.57 bits per heavy atom. The van der Waals surface area contributed by atoms with Crippen molar-refractivity contribution in [3.63, 3.8) is 0 Å². The van der Waals surface area contributed by atoms with Gasteiger partial charge in [0.2, 0.25) is 5.91 Å². The summed E-state index contributed by atoms with van der Waals surface area (Å²) in [6.45, 7) is 8.95. The lowest BCUT2D eigenvalue weighted by atomic mass is 9.53. The van der Waals surface area contributed by atoms with Crippen LogP contribution in [0.15, 0.2) is 48.5 Å². The smallest absolute Gasteiger partial charge is 0.309 e. The second-order valence-corrected chi connectivity index (χ2v) is 11.0. The van der Waals surface area contributed by atoms with Crippen LogP contribution in [0.3, 0.4) is 0 Å². The van der Waals surface area contributed by atoms with Gasteiger partial charge in [0.05, 0.1) is 5.41 Å². The van der Waals surface area contributed by atoms with Gasteiger partial charge in [0.1, 0.15) is 0 Å². The van der Waals surface area contributed by atoms with Crippen LogP contribution in [0.5, 0.6) is 0 Å². The van der Waals surface area contributed by atoms with Crippen molar-refractivity contribution in [2.24, 2.45) is 11.3 Å². The number of anilines is 1. The average molecular weight is 472 g/mol. The first-order valence-corrected chi connectivity index (χ1v) is 12.9. The Kier molecular flexibility index (Phi) is 7.08. The number of benzene rings is 2. The summed E-state index contributed by atoms with van der Waals surface area (Å²) in [5.74, 6) is 5.80. The van der Waals surface area contributed by atoms with Crippen LogP contribution in [0, 0.1) is 23.2 Å². The van der Waals surface area contributed by atoms with E-state index in [-0.39, 0.29) is 23.7 Å². The number of aliphatic carboxylic acids is 1. The number of amides is 1. The van der Waals surface area contributed by atoms with Gasteiger partial charge in [0, 0.05) is 30.6 Å². The molecular formula is C31H37NO3. The average Bonchev–Trinajstić information content (AvgIpc) is 2.92. The Morgan fingerprint density at radius 2 is 1.89 bits per heavy atom. The molecule has 1 amide bonds. The molecule has 1 aliphatic heterocycles. The number of carbonyl (C=O) groups is 2. The summed E-state index contributed by atoms with van der Waals surface area (Å²) in [7, 11) is 0. The lowest BCUT2D eigenvalue weighted by molar-refractivity contribution is -0.157. The second kappa shape index (κ2) is 9.90. The molecule has 1 fully saturated rings. The second-order valence-electron chi connectivity index (χ2n) is 11.0. The number of hydrogen-bond donors (Lipinski definition) is 1. The summed E-state index contributed by atoms with van der Waals surface area (Å²) in [6, 6.07) is 16.4. The third-order valence-electron chi connectivity index (χ3n) is 8.38. The Bertz CT molecular complexity index is 1160. The highest BCUT2D eigenvalue weighted by atomic mass is 16.4. The number of rotatable bonds is 5. The van der Waals surface area contributed by atoms with Gasteiger partial charge < -0.3 is 10.0 Å². The first-order valence-electron chi connectivity index (χ1n) is 12.9. The van der Waals surface area contributed by atoms with E-state index in [1.807, 2.05) is 42.2 Å². The van der Waals surface area contributed by atoms with E-state index in [9.17, 15) is 14.7 Å². The van der Waals surface area contributed by atoms with Crippen molar-refractivity contribution in [3.8, 4) is 11.8 Å². The SMILES string of the molecule is CC(C)c1ccc2c(c1)N(CCCC#Cc1ccccc1)C(=O)C[C@H]1[C@](C)(C(=O)O)CCC[C@]21C. The highest BCUT2D eigenvalue weighted by Gasteiger charge is 2.56. The summed E-state index contributed by atoms with van der Waals surface area (Å²) < 4.78 is 0. The molecule has 1 saturated carbocycles. The zero-order chi connectivity index (χ0) is 25.2. The number of unbranched alkanes of at least 4 members (excludes halogenated alkanes) is 1. The predicted molar refractivity (Wildman–Crippen MR) is 140 cm³/mol. The molecule has 3 atom stereocenters. The molecule has 0 saturated heterocycles. The molecule has 1 aliphatic carbocycles. The van der Waals surface area contributed by atoms with Gasteiger partial charge in [-0.05, 0) is 72.8 Å². The van der Waals surface area contributed by atoms with Crippen molar-refractivity contribution in [2.45, 2.75) is 77.6 Å². The lowest BCUT2D eigenvalue weighted by Crippen LogP contribution is -2.50. The van der Waals surface area contributed by atoms with E-state index in [2.05, 4.69) is 50.8 Å². The van der Waals surface area contributed by atoms with Gasteiger partial charge in [-0.3, -0.25) is 9.59 Å². The van der Waals surface area contributed by atoms with Crippen molar-refractivity contribution in [1.82, 2.24) is 0 Å². The third-order valence-corrected chi connectivity index (χ3v) is 8.38. The Hall–Kier alpha value is -3.06. The van der Waals surface area contributed by atoms with Gasteiger partial charge in [-0.2, -0.15) is 0 Å². The molecule has 0 unspecified atom stereocenters. The van der Waals surface area contributed by atoms with Crippen molar-refractivity contribution in [1.29, 1.82) is 0 Å². The fourth-order valence-electron chi connectivity index (χ4n) is 6.19. The van der Waals surface area contributed by atoms with E-state index >= 15 is 0 Å². The van der Waals surface area contributed by atoms with Crippen LogP contribution >= 0.6 is 0 Å². The molecule has 2 aromatic carbocycles. The zero-order valence-electron chi connectivity index (χ0n) is 21.4. The number of nitrogens with zero attached hydrogens (tertiary/aromatic N) is 1. The fraction of sp³-hybridized carbons (Fsp3) is 0.484. The van der Waals surface area contributed by atoms with Crippen molar-refractivity contribution in [3.05, 3.63) is 65.2 Å². The van der Waals surface area contributed by atoms with E-state index in [4.69, 9.17) is 0 Å². The number of carboxylic acid groups (broad SMARTS) is 1. The first kappa shape index (κ1) is 25.0. The molecule has 4 rings (SSSR count). The molecule has 2 aliphatic rings. The molecule has 1 N–H and O–H groups in total. The standard InChI is InChI=1S/C31H37NO3/c1-22(2)24-15-16-25-26(20-24)32(19-10-6-9-14-23-12-7-5-8-13-23)28(33)21-27-30(25,3)17-11-18-31(27,4)29(34)35/h5,7-8,12-13,15-16,20,22,27H,6,10-11,17-19,21H2,1-4H3,(H,34,35)/t27-,30-,31-/m1/s1. The molecule has 0 radical (unpaired) electrons. The summed E-state index contributed by atoms with van der Waals surface area (Å²) in [5.41, 5.74) is 3.03. The lowest BCUT2D eigenvalue weighted by Gasteiger charge is -2.49. The zero-order valence-corrected chi connectivity index (χ0v) is 21.4. The molecule has 35 heavy (non-hydrogen) atoms. The number of carbonyl (C=O) groups excluding carboxylic acids is 1. The molecule has 0 aromatic heterocycles. The largest absolute Gasteiger partial charge is 0.481 e. The maximum Gasteiger partial charge on any atom is 0.309 e. The third kappa shape index (κ3) is 4.74. The summed E-state index contributed by atoms with van der Waals surface area (Å²) in [5, 5.41) is 10.2. The maximum atomic E-state index is 13.7. The van der Waals surface area contributed by atoms with E-state index in [1.165, 1.54) is 5.56 Å². The Balaban J connectivity index is 1.68. The summed E-state index contributed by atoms with van der Waals surface area (Å²) >= 11 is 0. The van der Waals surface area contributed by atoms with Gasteiger partial charge in [-0.25, -0.2) is 0 Å². The normalized spacial score (nSPS) is 25.8. The molecule has 0 bridgehead atoms. The topological polar surface area (TPSA) is 57.6 Å². The molecular weight excluding hydrogens is 434 g/mol. The van der Waals surface area contributed by atoms with Crippen LogP contribution in [0.1, 0.15) is 88.8 Å². The Labute approximate surface area is 209 Å². The Morgan fingerprint density at radius 1 is 1.14 bits per heavy atom. The molecule has 4 nitrogen and oxygen atoms in total. The van der Waals surface area contributed by atoms with E-state index in [0.29, 0.717) is 25.3 Å². The van der Waals surface area contributed by atoms with Gasteiger partial charge in [0.15, 0.2) is 0 Å². The highest BCUT2D eigenvalue weighted by Crippen LogP contribution is 2.57. The van der Waals surface area contributed by atoms with Crippen LogP contribution < -0.4 is 4.90 Å². The van der Waals surface area contributed by atoms with Crippen LogP contribution in [0.2, 0.25) is 0 Å². The summed E-state index contributed by atoms with van der Waals surface area (Å²) in [4.78, 5) is 28.1. The predicted octanol–water partition coefficient (Wildman–Crippen LogP) is 6.53. The maximum absolute atomic E-state index is 13.7. The number of hydrogen-bond acceptors (Lipinski definition) is 2. The first-order chi connectivity index (χ1) is 16.7. The van der Waals surface area contributed by atoms with Gasteiger partial charge in [-0.15, -0.1) is 0 Å². The number of carboxylic acids is 1. The van der Waals surface area contributed by atoms with Crippen LogP contribution in [-0.4, -0.2) is 23.5 Å². The van der Waals surface area contributed by atoms with E-state index < -0.39 is 11.4 Å². The van der Waals surface area contributed by atoms with Crippen molar-refractivity contribution < 1.29 is 14.7 Å². The molecule has 0 spiro atoms. The quantitative estimate of drug-likeness (QED) is 0.398. The minimum absolute atomic E-state index is 0.0336. The monoisotopic (exact) mass is 471 g/mol. The molecule has 4 heteroatoms. The summed E-state index contributed by atoms with van der Waals surface area (Å²) in [6.07, 6.45) is 4.10. The van der Waals surface area contributed by atoms with Gasteiger partial charge in [0.25, 0.3) is 0 Å². The molecule has 184 valence electrons. The van der Waals surface area contributed by atoms with Crippen LogP contribution in [-0.2, 0) is 15.0 Å².